The van der Waals surface area contributed by atoms with Gasteiger partial charge in [-0.25, -0.2) is 22.8 Å². The van der Waals surface area contributed by atoms with Crippen LogP contribution < -0.4 is 31.7 Å². The second kappa shape index (κ2) is 14.0. The van der Waals surface area contributed by atoms with Gasteiger partial charge in [0, 0.05) is 0 Å². The Kier molecular flexibility index (Phi) is 10.3. The van der Waals surface area contributed by atoms with Crippen LogP contribution in [0.1, 0.15) is 12.5 Å². The van der Waals surface area contributed by atoms with Gasteiger partial charge in [-0.1, -0.05) is 9.97 Å². The Morgan fingerprint density at radius 2 is 1.08 bits per heavy atom. The molecule has 4 aromatic rings. The number of aliphatic hydroxyl groups excluding tert-OH is 4. The highest BCUT2D eigenvalue weighted by Crippen LogP contribution is 2.67. The number of aromatic amines is 2. The maximum absolute atomic E-state index is 12.5. The molecule has 31 heteroatoms. The van der Waals surface area contributed by atoms with Crippen LogP contribution in [0.4, 0.5) is 11.9 Å². The lowest BCUT2D eigenvalue weighted by Gasteiger charge is -2.21. The number of aryl methyl sites for hydroxylation is 2. The minimum atomic E-state index is -6.00. The molecule has 0 amide bonds. The number of hydrogen-bond donors (Lipinski definition) is 11. The average Bonchev–Trinajstić information content (AvgIpc) is 3.71. The number of fused-ring (bicyclic) bond motifs is 2. The van der Waals surface area contributed by atoms with E-state index in [1.165, 1.54) is 35.9 Å². The Morgan fingerprint density at radius 1 is 0.717 bits per heavy atom. The van der Waals surface area contributed by atoms with Crippen molar-refractivity contribution in [2.75, 3.05) is 24.7 Å². The lowest BCUT2D eigenvalue weighted by atomic mass is 10.1. The van der Waals surface area contributed by atoms with E-state index in [1.807, 2.05) is 0 Å². The largest absolute Gasteiger partial charge is 0.490 e. The number of imidazole rings is 2. The van der Waals surface area contributed by atoms with E-state index in [1.54, 1.807) is 0 Å². The minimum Gasteiger partial charge on any atom is -0.387 e. The summed E-state index contributed by atoms with van der Waals surface area (Å²) in [5, 5.41) is 42.3. The summed E-state index contributed by atoms with van der Waals surface area (Å²) in [7, 11) is -14.4. The molecule has 6 heterocycles. The molecule has 2 fully saturated rings. The summed E-state index contributed by atoms with van der Waals surface area (Å²) < 4.78 is 70.8. The number of phosphoric acid groups is 3. The molecule has 28 nitrogen and oxygen atoms in total. The van der Waals surface area contributed by atoms with E-state index in [4.69, 9.17) is 20.9 Å². The summed E-state index contributed by atoms with van der Waals surface area (Å²) in [5.74, 6) is -0.558. The quantitative estimate of drug-likeness (QED) is 0.0470. The van der Waals surface area contributed by atoms with Crippen molar-refractivity contribution in [3.63, 3.8) is 0 Å². The van der Waals surface area contributed by atoms with Gasteiger partial charge in [-0.3, -0.25) is 37.7 Å². The Morgan fingerprint density at radius 3 is 1.43 bits per heavy atom. The first-order valence-electron chi connectivity index (χ1n) is 14.8. The molecule has 4 aromatic heterocycles. The zero-order valence-electron chi connectivity index (χ0n) is 27.0. The van der Waals surface area contributed by atoms with E-state index in [-0.39, 0.29) is 34.2 Å². The number of ether oxygens (including phenoxy) is 2. The lowest BCUT2D eigenvalue weighted by molar-refractivity contribution is -0.746. The van der Waals surface area contributed by atoms with Crippen molar-refractivity contribution < 1.29 is 85.1 Å². The molecule has 6 rings (SSSR count). The molecule has 292 valence electrons. The van der Waals surface area contributed by atoms with Crippen LogP contribution in [0.3, 0.4) is 0 Å². The van der Waals surface area contributed by atoms with E-state index in [9.17, 15) is 58.4 Å². The number of aromatic nitrogens is 8. The maximum atomic E-state index is 12.5. The standard InChI is InChI=1S/C22H31N10O18P3/c1-29-5-31(15-9(29)17(37)27-21(23)25-15)19-13(35)11(33)7(47-19)3-45-51(39,40)49-53(43,44)50-52(41,42)46-4-8-12(34)14(36)20(48-8)32-6-30(2)10-16(32)26-22(24)28-18(10)38/h5-8,11-14,19-20,33-36H,3-4H2,1-2H3,(H7-2,23,24,25,26,27,28,37,38,39,40,41,42,43,44)/p+2/t7-,8-,11?,12?,13-,14-,19?,20?/m1/s1. The molecular weight excluding hydrogens is 785 g/mol. The van der Waals surface area contributed by atoms with Crippen LogP contribution in [0.2, 0.25) is 0 Å². The molecule has 53 heavy (non-hydrogen) atoms. The summed E-state index contributed by atoms with van der Waals surface area (Å²) in [6, 6.07) is 0. The zero-order chi connectivity index (χ0) is 38.9. The molecule has 0 saturated carbocycles. The van der Waals surface area contributed by atoms with Crippen molar-refractivity contribution in [3.05, 3.63) is 33.4 Å². The van der Waals surface area contributed by atoms with Crippen molar-refractivity contribution in [2.45, 2.75) is 49.1 Å². The smallest absolute Gasteiger partial charge is 0.387 e. The number of anilines is 2. The average molecular weight is 818 g/mol. The van der Waals surface area contributed by atoms with Crippen LogP contribution in [0.25, 0.3) is 22.3 Å². The maximum Gasteiger partial charge on any atom is 0.490 e. The number of phosphoric ester groups is 2. The third-order valence-corrected chi connectivity index (χ3v) is 12.3. The summed E-state index contributed by atoms with van der Waals surface area (Å²) >= 11 is 0. The predicted octanol–water partition coefficient (Wildman–Crippen LogP) is -5.12. The topological polar surface area (TPSA) is 409 Å². The predicted molar refractivity (Wildman–Crippen MR) is 167 cm³/mol. The molecule has 13 N–H and O–H groups in total. The monoisotopic (exact) mass is 818 g/mol. The molecule has 2 aliphatic rings. The van der Waals surface area contributed by atoms with Gasteiger partial charge in [-0.15, -0.1) is 0 Å². The fraction of sp³-hybridized carbons (Fsp3) is 0.545. The van der Waals surface area contributed by atoms with Gasteiger partial charge < -0.3 is 56.0 Å². The number of H-pyrrole nitrogens is 2. The van der Waals surface area contributed by atoms with Gasteiger partial charge in [-0.05, 0) is 0 Å². The van der Waals surface area contributed by atoms with E-state index >= 15 is 0 Å². The van der Waals surface area contributed by atoms with Gasteiger partial charge in [0.05, 0.1) is 27.3 Å². The highest BCUT2D eigenvalue weighted by atomic mass is 31.3. The number of nitrogens with one attached hydrogen (secondary N) is 2. The van der Waals surface area contributed by atoms with E-state index in [0.717, 1.165) is 9.13 Å². The number of nitrogen functional groups attached to an aromatic ring is 2. The molecule has 0 aliphatic carbocycles. The number of rotatable bonds is 12. The number of hydrogen-bond acceptors (Lipinski definition) is 19. The zero-order valence-corrected chi connectivity index (χ0v) is 29.7. The van der Waals surface area contributed by atoms with E-state index < -0.39 is 96.9 Å². The molecule has 0 spiro atoms. The van der Waals surface area contributed by atoms with Crippen molar-refractivity contribution >= 4 is 57.7 Å². The highest BCUT2D eigenvalue weighted by Gasteiger charge is 2.51. The van der Waals surface area contributed by atoms with Crippen LogP contribution in [0.5, 0.6) is 0 Å². The van der Waals surface area contributed by atoms with Crippen molar-refractivity contribution in [1.82, 2.24) is 29.1 Å². The van der Waals surface area contributed by atoms with Gasteiger partial charge in [0.2, 0.25) is 23.5 Å². The second-order valence-corrected chi connectivity index (χ2v) is 16.4. The Hall–Kier alpha value is -3.53. The summed E-state index contributed by atoms with van der Waals surface area (Å²) in [6.45, 7) is -2.16. The second-order valence-electron chi connectivity index (χ2n) is 11.8. The van der Waals surface area contributed by atoms with Crippen molar-refractivity contribution in [1.29, 1.82) is 0 Å². The Balaban J connectivity index is 1.05. The van der Waals surface area contributed by atoms with E-state index in [0.29, 0.717) is 0 Å². The normalized spacial score (nSPS) is 29.8. The van der Waals surface area contributed by atoms with Crippen LogP contribution in [-0.2, 0) is 54.9 Å². The molecule has 2 aliphatic heterocycles. The molecule has 0 radical (unpaired) electrons. The molecule has 0 bridgehead atoms. The molecule has 2 saturated heterocycles. The van der Waals surface area contributed by atoms with Gasteiger partial charge >= 0.3 is 34.8 Å². The molecule has 10 atom stereocenters. The molecule has 6 unspecified atom stereocenters. The number of nitrogens with zero attached hydrogens (tertiary/aromatic N) is 6. The first-order valence-corrected chi connectivity index (χ1v) is 19.3. The number of nitrogens with two attached hydrogens (primary N) is 2. The van der Waals surface area contributed by atoms with E-state index in [2.05, 4.69) is 37.6 Å². The fourth-order valence-electron chi connectivity index (χ4n) is 5.76. The van der Waals surface area contributed by atoms with Gasteiger partial charge in [0.1, 0.15) is 36.6 Å². The van der Waals surface area contributed by atoms with Gasteiger partial charge in [0.25, 0.3) is 23.0 Å². The van der Waals surface area contributed by atoms with Crippen LogP contribution in [-0.4, -0.2) is 114 Å². The third kappa shape index (κ3) is 7.72. The van der Waals surface area contributed by atoms with Gasteiger partial charge in [0.15, 0.2) is 12.7 Å². The van der Waals surface area contributed by atoms with Crippen molar-refractivity contribution in [2.24, 2.45) is 14.1 Å². The minimum absolute atomic E-state index is 0.0114. The SMILES string of the molecule is Cn1c[n+](C2O[C@H](COP(=O)(O)OP(=O)(O)OP(=O)(O)OC[C@H]3OC([n+]4cn(C)c5c(=O)[nH]c(N)nc54)[C@H](O)C3O)C(O)[C@H]2O)c2nc(N)[nH]c(=O)c21. The van der Waals surface area contributed by atoms with Crippen LogP contribution >= 0.6 is 23.5 Å². The lowest BCUT2D eigenvalue weighted by Crippen LogP contribution is -2.46. The summed E-state index contributed by atoms with van der Waals surface area (Å²) in [6.07, 6.45) is -10.7. The Labute approximate surface area is 293 Å². The molecular formula is C22H33N10O18P3+2. The highest BCUT2D eigenvalue weighted by molar-refractivity contribution is 7.66. The van der Waals surface area contributed by atoms with Gasteiger partial charge in [-0.2, -0.15) is 8.62 Å². The summed E-state index contributed by atoms with van der Waals surface area (Å²) in [4.78, 5) is 67.3. The van der Waals surface area contributed by atoms with Crippen LogP contribution in [0.15, 0.2) is 22.2 Å². The summed E-state index contributed by atoms with van der Waals surface area (Å²) in [5.41, 5.74) is 9.85. The fourth-order valence-corrected chi connectivity index (χ4v) is 9.28. The Bertz CT molecular complexity index is 2170. The first kappa shape index (κ1) is 39.2. The van der Waals surface area contributed by atoms with Crippen molar-refractivity contribution in [3.8, 4) is 0 Å². The first-order chi connectivity index (χ1) is 24.6. The molecule has 0 aromatic carbocycles. The number of aliphatic hydroxyl groups is 4. The third-order valence-electron chi connectivity index (χ3n) is 8.02. The van der Waals surface area contributed by atoms with Crippen LogP contribution in [0, 0.1) is 0 Å².